The van der Waals surface area contributed by atoms with Crippen molar-refractivity contribution in [2.24, 2.45) is 0 Å². The van der Waals surface area contributed by atoms with Crippen molar-refractivity contribution in [3.63, 3.8) is 0 Å². The van der Waals surface area contributed by atoms with Gasteiger partial charge in [-0.3, -0.25) is 0 Å². The first-order valence-electron chi connectivity index (χ1n) is 6.91. The fourth-order valence-electron chi connectivity index (χ4n) is 1.43. The third-order valence-corrected chi connectivity index (χ3v) is 3.34. The Morgan fingerprint density at radius 1 is 1.37 bits per heavy atom. The van der Waals surface area contributed by atoms with Gasteiger partial charge >= 0.3 is 0 Å². The molecule has 0 aromatic carbocycles. The summed E-state index contributed by atoms with van der Waals surface area (Å²) in [6, 6.07) is 4.03. The van der Waals surface area contributed by atoms with E-state index in [4.69, 9.17) is 4.74 Å². The number of likely N-dealkylation sites (N-methyl/N-ethyl adjacent to an activating group) is 1. The van der Waals surface area contributed by atoms with E-state index in [-0.39, 0.29) is 5.54 Å². The molecule has 0 saturated carbocycles. The molecule has 0 aliphatic carbocycles. The number of aromatic nitrogens is 1. The summed E-state index contributed by atoms with van der Waals surface area (Å²) < 4.78 is 5.80. The van der Waals surface area contributed by atoms with Gasteiger partial charge in [0.05, 0.1) is 0 Å². The zero-order valence-electron chi connectivity index (χ0n) is 12.9. The Labute approximate surface area is 117 Å². The van der Waals surface area contributed by atoms with Gasteiger partial charge in [-0.1, -0.05) is 6.92 Å². The zero-order valence-corrected chi connectivity index (χ0v) is 12.9. The van der Waals surface area contributed by atoms with Crippen molar-refractivity contribution in [1.82, 2.24) is 15.2 Å². The van der Waals surface area contributed by atoms with Crippen LogP contribution in [0.25, 0.3) is 0 Å². The largest absolute Gasteiger partial charge is 0.476 e. The van der Waals surface area contributed by atoms with Crippen LogP contribution in [0.15, 0.2) is 18.3 Å². The molecule has 0 unspecified atom stereocenters. The molecule has 0 amide bonds. The van der Waals surface area contributed by atoms with Crippen molar-refractivity contribution in [2.45, 2.75) is 39.3 Å². The Balaban J connectivity index is 2.52. The summed E-state index contributed by atoms with van der Waals surface area (Å²) in [5.41, 5.74) is 1.21. The third-order valence-electron chi connectivity index (χ3n) is 3.34. The van der Waals surface area contributed by atoms with E-state index in [2.05, 4.69) is 50.1 Å². The predicted octanol–water partition coefficient (Wildman–Crippen LogP) is 2.30. The highest BCUT2D eigenvalue weighted by atomic mass is 16.5. The molecule has 0 aliphatic rings. The molecule has 19 heavy (non-hydrogen) atoms. The molecule has 1 rings (SSSR count). The monoisotopic (exact) mass is 265 g/mol. The van der Waals surface area contributed by atoms with Gasteiger partial charge in [-0.25, -0.2) is 4.98 Å². The summed E-state index contributed by atoms with van der Waals surface area (Å²) in [5.74, 6) is 0.700. The Hall–Kier alpha value is -1.13. The third kappa shape index (κ3) is 5.57. The van der Waals surface area contributed by atoms with Gasteiger partial charge in [0, 0.05) is 24.3 Å². The van der Waals surface area contributed by atoms with Crippen molar-refractivity contribution in [1.29, 1.82) is 0 Å². The van der Waals surface area contributed by atoms with Gasteiger partial charge in [0.2, 0.25) is 5.88 Å². The van der Waals surface area contributed by atoms with Crippen LogP contribution in [0.4, 0.5) is 0 Å². The van der Waals surface area contributed by atoms with Gasteiger partial charge in [-0.15, -0.1) is 0 Å². The predicted molar refractivity (Wildman–Crippen MR) is 79.5 cm³/mol. The lowest BCUT2D eigenvalue weighted by Crippen LogP contribution is -2.43. The molecule has 1 N–H and O–H groups in total. The second-order valence-electron chi connectivity index (χ2n) is 5.67. The molecular formula is C15H27N3O. The standard InChI is InChI=1S/C15H27N3O/c1-6-8-16-11-13-7-9-17-14(10-13)19-12-15(2,3)18(4)5/h7,9-10,16H,6,8,11-12H2,1-5H3. The number of nitrogens with one attached hydrogen (secondary N) is 1. The minimum atomic E-state index is -0.00184. The lowest BCUT2D eigenvalue weighted by atomic mass is 10.1. The van der Waals surface area contributed by atoms with Gasteiger partial charge in [-0.2, -0.15) is 0 Å². The molecule has 108 valence electrons. The molecule has 4 nitrogen and oxygen atoms in total. The Bertz CT molecular complexity index is 377. The van der Waals surface area contributed by atoms with Crippen LogP contribution < -0.4 is 10.1 Å². The van der Waals surface area contributed by atoms with E-state index < -0.39 is 0 Å². The molecule has 0 spiro atoms. The van der Waals surface area contributed by atoms with Crippen molar-refractivity contribution >= 4 is 0 Å². The normalized spacial score (nSPS) is 11.9. The van der Waals surface area contributed by atoms with E-state index in [1.807, 2.05) is 12.1 Å². The summed E-state index contributed by atoms with van der Waals surface area (Å²) in [4.78, 5) is 6.41. The molecule has 1 heterocycles. The molecular weight excluding hydrogens is 238 g/mol. The van der Waals surface area contributed by atoms with Gasteiger partial charge in [-0.05, 0) is 52.5 Å². The molecule has 0 aliphatic heterocycles. The van der Waals surface area contributed by atoms with E-state index in [9.17, 15) is 0 Å². The fourth-order valence-corrected chi connectivity index (χ4v) is 1.43. The number of rotatable bonds is 8. The first-order chi connectivity index (χ1) is 8.95. The average molecular weight is 265 g/mol. The molecule has 1 aromatic heterocycles. The van der Waals surface area contributed by atoms with Crippen molar-refractivity contribution in [3.8, 4) is 5.88 Å². The first-order valence-corrected chi connectivity index (χ1v) is 6.91. The topological polar surface area (TPSA) is 37.4 Å². The van der Waals surface area contributed by atoms with E-state index in [0.717, 1.165) is 19.5 Å². The first kappa shape index (κ1) is 15.9. The smallest absolute Gasteiger partial charge is 0.213 e. The van der Waals surface area contributed by atoms with E-state index >= 15 is 0 Å². The number of ether oxygens (including phenoxy) is 1. The molecule has 0 radical (unpaired) electrons. The SMILES string of the molecule is CCCNCc1ccnc(OCC(C)(C)N(C)C)c1. The minimum absolute atomic E-state index is 0.00184. The van der Waals surface area contributed by atoms with Crippen molar-refractivity contribution in [3.05, 3.63) is 23.9 Å². The van der Waals surface area contributed by atoms with Crippen LogP contribution in [-0.2, 0) is 6.54 Å². The molecule has 0 saturated heterocycles. The summed E-state index contributed by atoms with van der Waals surface area (Å²) in [5, 5.41) is 3.38. The van der Waals surface area contributed by atoms with E-state index in [0.29, 0.717) is 12.5 Å². The summed E-state index contributed by atoms with van der Waals surface area (Å²) in [6.07, 6.45) is 2.95. The highest BCUT2D eigenvalue weighted by Crippen LogP contribution is 2.14. The number of hydrogen-bond donors (Lipinski definition) is 1. The van der Waals surface area contributed by atoms with E-state index in [1.165, 1.54) is 5.56 Å². The van der Waals surface area contributed by atoms with Crippen molar-refractivity contribution in [2.75, 3.05) is 27.2 Å². The summed E-state index contributed by atoms with van der Waals surface area (Å²) in [6.45, 7) is 8.99. The van der Waals surface area contributed by atoms with Crippen LogP contribution >= 0.6 is 0 Å². The number of pyridine rings is 1. The van der Waals surface area contributed by atoms with Gasteiger partial charge in [0.15, 0.2) is 0 Å². The molecule has 0 atom stereocenters. The molecule has 4 heteroatoms. The van der Waals surface area contributed by atoms with Gasteiger partial charge in [0.25, 0.3) is 0 Å². The van der Waals surface area contributed by atoms with Crippen LogP contribution in [0.5, 0.6) is 5.88 Å². The fraction of sp³-hybridized carbons (Fsp3) is 0.667. The highest BCUT2D eigenvalue weighted by molar-refractivity contribution is 5.20. The lowest BCUT2D eigenvalue weighted by Gasteiger charge is -2.31. The average Bonchev–Trinajstić information content (AvgIpc) is 2.37. The van der Waals surface area contributed by atoms with Crippen LogP contribution in [0.2, 0.25) is 0 Å². The molecule has 0 bridgehead atoms. The zero-order chi connectivity index (χ0) is 14.3. The maximum Gasteiger partial charge on any atom is 0.213 e. The quantitative estimate of drug-likeness (QED) is 0.732. The minimum Gasteiger partial charge on any atom is -0.476 e. The van der Waals surface area contributed by atoms with Crippen LogP contribution in [-0.4, -0.2) is 42.7 Å². The molecule has 1 aromatic rings. The Kier molecular flexibility index (Phi) is 6.25. The maximum absolute atomic E-state index is 5.80. The van der Waals surface area contributed by atoms with Crippen molar-refractivity contribution < 1.29 is 4.74 Å². The van der Waals surface area contributed by atoms with Crippen LogP contribution in [0.3, 0.4) is 0 Å². The second kappa shape index (κ2) is 7.46. The second-order valence-corrected chi connectivity index (χ2v) is 5.67. The Morgan fingerprint density at radius 2 is 2.11 bits per heavy atom. The van der Waals surface area contributed by atoms with Crippen LogP contribution in [0, 0.1) is 0 Å². The highest BCUT2D eigenvalue weighted by Gasteiger charge is 2.21. The maximum atomic E-state index is 5.80. The number of hydrogen-bond acceptors (Lipinski definition) is 4. The Morgan fingerprint density at radius 3 is 2.74 bits per heavy atom. The summed E-state index contributed by atoms with van der Waals surface area (Å²) >= 11 is 0. The van der Waals surface area contributed by atoms with Crippen LogP contribution in [0.1, 0.15) is 32.8 Å². The summed E-state index contributed by atoms with van der Waals surface area (Å²) in [7, 11) is 4.11. The van der Waals surface area contributed by atoms with E-state index in [1.54, 1.807) is 6.20 Å². The molecule has 0 fully saturated rings. The van der Waals surface area contributed by atoms with Gasteiger partial charge < -0.3 is 15.0 Å². The lowest BCUT2D eigenvalue weighted by molar-refractivity contribution is 0.111. The van der Waals surface area contributed by atoms with Gasteiger partial charge in [0.1, 0.15) is 6.61 Å². The number of nitrogens with zero attached hydrogens (tertiary/aromatic N) is 2.